The second-order valence-electron chi connectivity index (χ2n) is 9.61. The van der Waals surface area contributed by atoms with E-state index < -0.39 is 35.7 Å². The van der Waals surface area contributed by atoms with E-state index in [2.05, 4.69) is 0 Å². The highest BCUT2D eigenvalue weighted by atomic mass is 16.6. The number of aliphatic carboxylic acids is 1. The highest BCUT2D eigenvalue weighted by Gasteiger charge is 2.45. The molecule has 0 bridgehead atoms. The van der Waals surface area contributed by atoms with Gasteiger partial charge in [0.05, 0.1) is 25.2 Å². The van der Waals surface area contributed by atoms with Gasteiger partial charge in [0.25, 0.3) is 0 Å². The van der Waals surface area contributed by atoms with Gasteiger partial charge in [-0.05, 0) is 38.7 Å². The summed E-state index contributed by atoms with van der Waals surface area (Å²) in [7, 11) is 1.51. The molecule has 0 aromatic heterocycles. The summed E-state index contributed by atoms with van der Waals surface area (Å²) >= 11 is 0. The van der Waals surface area contributed by atoms with Crippen molar-refractivity contribution < 1.29 is 29.0 Å². The van der Waals surface area contributed by atoms with Crippen LogP contribution in [0.4, 0.5) is 4.79 Å². The molecule has 3 atom stereocenters. The van der Waals surface area contributed by atoms with Crippen molar-refractivity contribution in [3.8, 4) is 0 Å². The number of hydrogen-bond donors (Lipinski definition) is 1. The average Bonchev–Trinajstić information content (AvgIpc) is 3.10. The number of hydrogen-bond acceptors (Lipinski definition) is 5. The molecule has 178 valence electrons. The number of benzene rings is 1. The van der Waals surface area contributed by atoms with Gasteiger partial charge in [-0.15, -0.1) is 0 Å². The van der Waals surface area contributed by atoms with Crippen LogP contribution in [0.1, 0.15) is 46.6 Å². The predicted molar refractivity (Wildman–Crippen MR) is 120 cm³/mol. The third kappa shape index (κ3) is 6.69. The van der Waals surface area contributed by atoms with E-state index in [1.54, 1.807) is 34.6 Å². The lowest BCUT2D eigenvalue weighted by Gasteiger charge is -2.33. The van der Waals surface area contributed by atoms with Gasteiger partial charge in [-0.1, -0.05) is 44.2 Å². The topological polar surface area (TPSA) is 96.4 Å². The highest BCUT2D eigenvalue weighted by Crippen LogP contribution is 2.29. The number of likely N-dealkylation sites (tertiary alicyclic amines) is 1. The van der Waals surface area contributed by atoms with E-state index in [-0.39, 0.29) is 18.4 Å². The zero-order chi connectivity index (χ0) is 24.1. The van der Waals surface area contributed by atoms with Gasteiger partial charge in [-0.25, -0.2) is 9.59 Å². The maximum absolute atomic E-state index is 13.3. The zero-order valence-electron chi connectivity index (χ0n) is 19.9. The molecule has 0 radical (unpaired) electrons. The first-order valence-electron chi connectivity index (χ1n) is 11.0. The third-order valence-corrected chi connectivity index (χ3v) is 5.54. The molecule has 1 aromatic rings. The number of carboxylic acid groups (broad SMARTS) is 1. The van der Waals surface area contributed by atoms with Crippen LogP contribution < -0.4 is 0 Å². The quantitative estimate of drug-likeness (QED) is 0.655. The fourth-order valence-corrected chi connectivity index (χ4v) is 4.06. The van der Waals surface area contributed by atoms with Crippen molar-refractivity contribution in [1.29, 1.82) is 0 Å². The smallest absolute Gasteiger partial charge is 0.410 e. The standard InChI is InChI=1S/C24H36N2O6/c1-16(2)20(22(28)29)25(6)21(27)18-12-13-26(23(30)32-24(3,4)5)19(18)15-31-14-17-10-8-7-9-11-17/h7-11,16,18-20H,12-15H2,1-6H3,(H,28,29)/t18-,19+,20-/m0/s1. The molecule has 1 N–H and O–H groups in total. The maximum Gasteiger partial charge on any atom is 0.410 e. The lowest BCUT2D eigenvalue weighted by molar-refractivity contribution is -0.153. The van der Waals surface area contributed by atoms with Crippen molar-refractivity contribution in [2.75, 3.05) is 20.2 Å². The molecule has 2 rings (SSSR count). The molecule has 0 aliphatic carbocycles. The molecule has 1 aromatic carbocycles. The van der Waals surface area contributed by atoms with Crippen LogP contribution in [0.3, 0.4) is 0 Å². The number of rotatable bonds is 8. The Morgan fingerprint density at radius 1 is 1.19 bits per heavy atom. The summed E-state index contributed by atoms with van der Waals surface area (Å²) in [5, 5.41) is 9.60. The minimum absolute atomic E-state index is 0.151. The number of carbonyl (C=O) groups is 3. The fourth-order valence-electron chi connectivity index (χ4n) is 4.06. The van der Waals surface area contributed by atoms with Crippen molar-refractivity contribution in [3.05, 3.63) is 35.9 Å². The maximum atomic E-state index is 13.3. The minimum Gasteiger partial charge on any atom is -0.480 e. The zero-order valence-corrected chi connectivity index (χ0v) is 19.9. The SMILES string of the molecule is CC(C)[C@@H](C(=O)O)N(C)C(=O)[C@H]1CCN(C(=O)OC(C)(C)C)[C@@H]1COCc1ccccc1. The Bertz CT molecular complexity index is 789. The molecule has 0 spiro atoms. The van der Waals surface area contributed by atoms with Gasteiger partial charge in [-0.3, -0.25) is 4.79 Å². The van der Waals surface area contributed by atoms with E-state index in [1.807, 2.05) is 30.3 Å². The van der Waals surface area contributed by atoms with Gasteiger partial charge >= 0.3 is 12.1 Å². The summed E-state index contributed by atoms with van der Waals surface area (Å²) in [6.45, 7) is 9.75. The second-order valence-corrected chi connectivity index (χ2v) is 9.61. The van der Waals surface area contributed by atoms with Crippen molar-refractivity contribution in [3.63, 3.8) is 0 Å². The minimum atomic E-state index is -1.05. The van der Waals surface area contributed by atoms with Crippen LogP contribution in [0.5, 0.6) is 0 Å². The van der Waals surface area contributed by atoms with Crippen molar-refractivity contribution in [1.82, 2.24) is 9.80 Å². The van der Waals surface area contributed by atoms with Crippen LogP contribution >= 0.6 is 0 Å². The molecule has 0 unspecified atom stereocenters. The Labute approximate surface area is 190 Å². The molecular formula is C24H36N2O6. The van der Waals surface area contributed by atoms with Crippen molar-refractivity contribution in [2.45, 2.75) is 65.3 Å². The van der Waals surface area contributed by atoms with E-state index >= 15 is 0 Å². The Balaban J connectivity index is 2.20. The summed E-state index contributed by atoms with van der Waals surface area (Å²) in [4.78, 5) is 40.7. The van der Waals surface area contributed by atoms with Crippen LogP contribution in [-0.2, 0) is 25.7 Å². The molecule has 32 heavy (non-hydrogen) atoms. The van der Waals surface area contributed by atoms with Crippen LogP contribution in [0.25, 0.3) is 0 Å². The van der Waals surface area contributed by atoms with Crippen LogP contribution in [0.15, 0.2) is 30.3 Å². The normalized spacial score (nSPS) is 19.7. The number of carbonyl (C=O) groups excluding carboxylic acids is 2. The Morgan fingerprint density at radius 3 is 2.34 bits per heavy atom. The lowest BCUT2D eigenvalue weighted by Crippen LogP contribution is -2.51. The van der Waals surface area contributed by atoms with Gasteiger partial charge in [0.1, 0.15) is 11.6 Å². The van der Waals surface area contributed by atoms with E-state index in [1.165, 1.54) is 16.8 Å². The number of amides is 2. The Kier molecular flexibility index (Phi) is 8.66. The van der Waals surface area contributed by atoms with Gasteiger partial charge in [0, 0.05) is 13.6 Å². The summed E-state index contributed by atoms with van der Waals surface area (Å²) in [5.74, 6) is -2.17. The number of nitrogens with zero attached hydrogens (tertiary/aromatic N) is 2. The van der Waals surface area contributed by atoms with E-state index in [0.717, 1.165) is 5.56 Å². The van der Waals surface area contributed by atoms with Gasteiger partial charge < -0.3 is 24.4 Å². The summed E-state index contributed by atoms with van der Waals surface area (Å²) < 4.78 is 11.4. The third-order valence-electron chi connectivity index (χ3n) is 5.54. The fraction of sp³-hybridized carbons (Fsp3) is 0.625. The monoisotopic (exact) mass is 448 g/mol. The van der Waals surface area contributed by atoms with Gasteiger partial charge in [0.2, 0.25) is 5.91 Å². The molecule has 8 nitrogen and oxygen atoms in total. The molecule has 1 saturated heterocycles. The first kappa shape index (κ1) is 25.6. The first-order chi connectivity index (χ1) is 14.9. The summed E-state index contributed by atoms with van der Waals surface area (Å²) in [6.07, 6.45) is -0.0749. The van der Waals surface area contributed by atoms with E-state index in [0.29, 0.717) is 19.6 Å². The number of likely N-dealkylation sites (N-methyl/N-ethyl adjacent to an activating group) is 1. The molecule has 8 heteroatoms. The average molecular weight is 449 g/mol. The summed E-state index contributed by atoms with van der Waals surface area (Å²) in [5.41, 5.74) is 0.317. The lowest BCUT2D eigenvalue weighted by atomic mass is 9.96. The number of carboxylic acids is 1. The Hall–Kier alpha value is -2.61. The van der Waals surface area contributed by atoms with Gasteiger partial charge in [-0.2, -0.15) is 0 Å². The predicted octanol–water partition coefficient (Wildman–Crippen LogP) is 3.40. The molecule has 1 heterocycles. The van der Waals surface area contributed by atoms with Crippen LogP contribution in [0, 0.1) is 11.8 Å². The molecule has 1 aliphatic rings. The second kappa shape index (κ2) is 10.8. The summed E-state index contributed by atoms with van der Waals surface area (Å²) in [6, 6.07) is 8.16. The van der Waals surface area contributed by atoms with Gasteiger partial charge in [0.15, 0.2) is 0 Å². The van der Waals surface area contributed by atoms with Crippen molar-refractivity contribution in [2.24, 2.45) is 11.8 Å². The van der Waals surface area contributed by atoms with Crippen LogP contribution in [-0.4, -0.2) is 70.8 Å². The van der Waals surface area contributed by atoms with E-state index in [9.17, 15) is 19.5 Å². The molecular weight excluding hydrogens is 412 g/mol. The van der Waals surface area contributed by atoms with Crippen LogP contribution in [0.2, 0.25) is 0 Å². The first-order valence-corrected chi connectivity index (χ1v) is 11.0. The number of ether oxygens (including phenoxy) is 2. The van der Waals surface area contributed by atoms with Crippen molar-refractivity contribution >= 4 is 18.0 Å². The molecule has 0 saturated carbocycles. The molecule has 1 aliphatic heterocycles. The molecule has 1 fully saturated rings. The van der Waals surface area contributed by atoms with E-state index in [4.69, 9.17) is 9.47 Å². The highest BCUT2D eigenvalue weighted by molar-refractivity contribution is 5.86. The molecule has 2 amide bonds. The Morgan fingerprint density at radius 2 is 1.81 bits per heavy atom. The largest absolute Gasteiger partial charge is 0.480 e.